The molecule has 1 unspecified atom stereocenters. The molecule has 0 N–H and O–H groups in total. The van der Waals surface area contributed by atoms with Crippen LogP contribution in [0.2, 0.25) is 0 Å². The number of allylic oxidation sites excluding steroid dienone is 12. The van der Waals surface area contributed by atoms with Crippen LogP contribution in [0.3, 0.4) is 0 Å². The van der Waals surface area contributed by atoms with E-state index < -0.39 is 6.10 Å². The van der Waals surface area contributed by atoms with Gasteiger partial charge in [-0.15, -0.1) is 0 Å². The van der Waals surface area contributed by atoms with E-state index in [2.05, 4.69) is 93.7 Å². The molecule has 0 aliphatic carbocycles. The third-order valence-corrected chi connectivity index (χ3v) is 11.0. The molecule has 0 amide bonds. The van der Waals surface area contributed by atoms with E-state index in [-0.39, 0.29) is 31.1 Å². The Labute approximate surface area is 382 Å². The van der Waals surface area contributed by atoms with Gasteiger partial charge >= 0.3 is 17.9 Å². The van der Waals surface area contributed by atoms with Crippen LogP contribution >= 0.6 is 0 Å². The highest BCUT2D eigenvalue weighted by atomic mass is 16.6. The molecular formula is C56H96O6. The second-order valence-electron chi connectivity index (χ2n) is 17.1. The summed E-state index contributed by atoms with van der Waals surface area (Å²) in [7, 11) is 0. The molecule has 1 atom stereocenters. The summed E-state index contributed by atoms with van der Waals surface area (Å²) in [4.78, 5) is 37.9. The first-order chi connectivity index (χ1) is 30.5. The van der Waals surface area contributed by atoms with E-state index in [1.807, 2.05) is 0 Å². The fourth-order valence-electron chi connectivity index (χ4n) is 7.07. The summed E-state index contributed by atoms with van der Waals surface area (Å²) in [5, 5.41) is 0. The second-order valence-corrected chi connectivity index (χ2v) is 17.1. The Kier molecular flexibility index (Phi) is 47.9. The van der Waals surface area contributed by atoms with Crippen LogP contribution in [0.25, 0.3) is 0 Å². The number of hydrogen-bond donors (Lipinski definition) is 0. The van der Waals surface area contributed by atoms with Gasteiger partial charge in [0.15, 0.2) is 6.10 Å². The van der Waals surface area contributed by atoms with Crippen molar-refractivity contribution in [2.75, 3.05) is 13.2 Å². The molecule has 0 aromatic carbocycles. The lowest BCUT2D eigenvalue weighted by atomic mass is 10.1. The van der Waals surface area contributed by atoms with Crippen molar-refractivity contribution in [3.63, 3.8) is 0 Å². The fourth-order valence-corrected chi connectivity index (χ4v) is 7.07. The first-order valence-corrected chi connectivity index (χ1v) is 26.0. The molecule has 0 heterocycles. The molecule has 0 rings (SSSR count). The van der Waals surface area contributed by atoms with Gasteiger partial charge in [0, 0.05) is 19.3 Å². The number of rotatable bonds is 46. The van der Waals surface area contributed by atoms with Crippen LogP contribution in [0.4, 0.5) is 0 Å². The van der Waals surface area contributed by atoms with E-state index in [1.165, 1.54) is 116 Å². The summed E-state index contributed by atoms with van der Waals surface area (Å²) in [5.41, 5.74) is 0. The van der Waals surface area contributed by atoms with Crippen molar-refractivity contribution < 1.29 is 28.6 Å². The van der Waals surface area contributed by atoms with Gasteiger partial charge in [0.1, 0.15) is 13.2 Å². The zero-order valence-corrected chi connectivity index (χ0v) is 40.6. The largest absolute Gasteiger partial charge is 0.462 e. The lowest BCUT2D eigenvalue weighted by Gasteiger charge is -2.18. The quantitative estimate of drug-likeness (QED) is 0.0199. The molecule has 0 bridgehead atoms. The van der Waals surface area contributed by atoms with Crippen molar-refractivity contribution in [3.8, 4) is 0 Å². The molecule has 6 heteroatoms. The molecule has 6 nitrogen and oxygen atoms in total. The molecule has 62 heavy (non-hydrogen) atoms. The first-order valence-electron chi connectivity index (χ1n) is 26.0. The van der Waals surface area contributed by atoms with E-state index in [0.717, 1.165) is 89.9 Å². The minimum atomic E-state index is -0.790. The molecule has 0 aromatic heterocycles. The fraction of sp³-hybridized carbons (Fsp3) is 0.732. The predicted molar refractivity (Wildman–Crippen MR) is 265 cm³/mol. The zero-order chi connectivity index (χ0) is 45.1. The molecule has 0 radical (unpaired) electrons. The Bertz CT molecular complexity index is 1180. The zero-order valence-electron chi connectivity index (χ0n) is 40.6. The predicted octanol–water partition coefficient (Wildman–Crippen LogP) is 17.0. The van der Waals surface area contributed by atoms with Crippen molar-refractivity contribution in [3.05, 3.63) is 72.9 Å². The van der Waals surface area contributed by atoms with E-state index in [0.29, 0.717) is 19.3 Å². The van der Waals surface area contributed by atoms with Crippen LogP contribution in [-0.4, -0.2) is 37.2 Å². The van der Waals surface area contributed by atoms with Gasteiger partial charge in [-0.25, -0.2) is 0 Å². The monoisotopic (exact) mass is 865 g/mol. The van der Waals surface area contributed by atoms with Crippen molar-refractivity contribution in [2.24, 2.45) is 0 Å². The Morgan fingerprint density at radius 1 is 0.355 bits per heavy atom. The third kappa shape index (κ3) is 47.9. The topological polar surface area (TPSA) is 78.9 Å². The van der Waals surface area contributed by atoms with Gasteiger partial charge in [0.25, 0.3) is 0 Å². The Morgan fingerprint density at radius 3 is 1.13 bits per heavy atom. The number of esters is 3. The van der Waals surface area contributed by atoms with Crippen LogP contribution in [0.5, 0.6) is 0 Å². The van der Waals surface area contributed by atoms with Crippen LogP contribution in [0, 0.1) is 0 Å². The van der Waals surface area contributed by atoms with Crippen LogP contribution in [-0.2, 0) is 28.6 Å². The van der Waals surface area contributed by atoms with Gasteiger partial charge in [-0.1, -0.05) is 216 Å². The molecule has 0 aromatic rings. The van der Waals surface area contributed by atoms with Gasteiger partial charge in [-0.3, -0.25) is 14.4 Å². The lowest BCUT2D eigenvalue weighted by molar-refractivity contribution is -0.167. The van der Waals surface area contributed by atoms with Gasteiger partial charge in [-0.05, 0) is 83.5 Å². The van der Waals surface area contributed by atoms with Crippen molar-refractivity contribution in [1.82, 2.24) is 0 Å². The molecule has 0 spiro atoms. The summed E-state index contributed by atoms with van der Waals surface area (Å²) >= 11 is 0. The van der Waals surface area contributed by atoms with E-state index in [4.69, 9.17) is 14.2 Å². The summed E-state index contributed by atoms with van der Waals surface area (Å²) in [6, 6.07) is 0. The van der Waals surface area contributed by atoms with Crippen LogP contribution in [0.1, 0.15) is 245 Å². The average molecular weight is 865 g/mol. The SMILES string of the molecule is CC/C=C\C/C=C\C/C=C\C/C=C\CCCCCC(=O)OC(COC(=O)CCCCCCCCCCC)COC(=O)CCCCCCCCCCCC/C=C\C=C/CCCCC. The normalized spacial score (nSPS) is 12.6. The van der Waals surface area contributed by atoms with Crippen molar-refractivity contribution >= 4 is 17.9 Å². The number of carbonyl (C=O) groups excluding carboxylic acids is 3. The highest BCUT2D eigenvalue weighted by Crippen LogP contribution is 2.14. The summed E-state index contributed by atoms with van der Waals surface area (Å²) in [6.45, 7) is 6.45. The number of ether oxygens (including phenoxy) is 3. The van der Waals surface area contributed by atoms with Crippen molar-refractivity contribution in [1.29, 1.82) is 0 Å². The lowest BCUT2D eigenvalue weighted by Crippen LogP contribution is -2.30. The molecular weight excluding hydrogens is 769 g/mol. The standard InChI is InChI=1S/C56H96O6/c1-4-7-10-13-16-19-21-23-25-27-28-29-31-32-34-37-40-43-46-49-55(58)61-52-53(51-60-54(57)48-45-42-39-36-18-15-12-9-6-3)62-56(59)50-47-44-41-38-35-33-30-26-24-22-20-17-14-11-8-5-2/h8,11,16-17,19-21,23-24,26,33,35,53H,4-7,9-10,12-15,18,22,25,27-32,34,36-52H2,1-3H3/b11-8-,19-16-,20-17-,23-21-,26-24-,35-33-. The number of unbranched alkanes of at least 4 members (excludes halogenated alkanes) is 24. The van der Waals surface area contributed by atoms with E-state index >= 15 is 0 Å². The Balaban J connectivity index is 4.36. The average Bonchev–Trinajstić information content (AvgIpc) is 3.27. The molecule has 0 aliphatic rings. The molecule has 0 aliphatic heterocycles. The second kappa shape index (κ2) is 50.5. The van der Waals surface area contributed by atoms with Gasteiger partial charge < -0.3 is 14.2 Å². The minimum Gasteiger partial charge on any atom is -0.462 e. The highest BCUT2D eigenvalue weighted by Gasteiger charge is 2.19. The maximum Gasteiger partial charge on any atom is 0.306 e. The Morgan fingerprint density at radius 2 is 0.677 bits per heavy atom. The summed E-state index contributed by atoms with van der Waals surface area (Å²) in [6.07, 6.45) is 63.2. The highest BCUT2D eigenvalue weighted by molar-refractivity contribution is 5.71. The number of carbonyl (C=O) groups is 3. The molecule has 0 fully saturated rings. The van der Waals surface area contributed by atoms with Gasteiger partial charge in [-0.2, -0.15) is 0 Å². The van der Waals surface area contributed by atoms with Crippen LogP contribution in [0.15, 0.2) is 72.9 Å². The maximum absolute atomic E-state index is 12.8. The first kappa shape index (κ1) is 58.9. The summed E-state index contributed by atoms with van der Waals surface area (Å²) < 4.78 is 16.7. The van der Waals surface area contributed by atoms with E-state index in [1.54, 1.807) is 0 Å². The number of hydrogen-bond acceptors (Lipinski definition) is 6. The Hall–Kier alpha value is -3.15. The molecule has 0 saturated heterocycles. The van der Waals surface area contributed by atoms with Crippen LogP contribution < -0.4 is 0 Å². The third-order valence-electron chi connectivity index (χ3n) is 11.0. The van der Waals surface area contributed by atoms with E-state index in [9.17, 15) is 14.4 Å². The molecule has 356 valence electrons. The smallest absolute Gasteiger partial charge is 0.306 e. The van der Waals surface area contributed by atoms with Gasteiger partial charge in [0.2, 0.25) is 0 Å². The maximum atomic E-state index is 12.8. The van der Waals surface area contributed by atoms with Gasteiger partial charge in [0.05, 0.1) is 0 Å². The molecule has 0 saturated carbocycles. The minimum absolute atomic E-state index is 0.0883. The van der Waals surface area contributed by atoms with Crippen molar-refractivity contribution in [2.45, 2.75) is 252 Å². The summed E-state index contributed by atoms with van der Waals surface area (Å²) in [5.74, 6) is -0.924.